The summed E-state index contributed by atoms with van der Waals surface area (Å²) in [6.07, 6.45) is -12.3. The van der Waals surface area contributed by atoms with Crippen molar-refractivity contribution < 1.29 is 35.8 Å². The van der Waals surface area contributed by atoms with Gasteiger partial charge in [-0.05, 0) is 25.2 Å². The molecule has 0 saturated heterocycles. The predicted octanol–water partition coefficient (Wildman–Crippen LogP) is 3.24. The summed E-state index contributed by atoms with van der Waals surface area (Å²) in [5.74, 6) is -0.732. The van der Waals surface area contributed by atoms with Crippen molar-refractivity contribution in [1.29, 1.82) is 0 Å². The fourth-order valence-corrected chi connectivity index (χ4v) is 1.71. The van der Waals surface area contributed by atoms with Gasteiger partial charge >= 0.3 is 12.7 Å². The normalized spacial score (nSPS) is 30.9. The molecule has 1 rings (SSSR count). The Hall–Kier alpha value is -0.500. The van der Waals surface area contributed by atoms with E-state index < -0.39 is 30.9 Å². The lowest BCUT2D eigenvalue weighted by Gasteiger charge is -2.26. The van der Waals surface area contributed by atoms with Crippen molar-refractivity contribution in [3.05, 3.63) is 13.3 Å². The van der Waals surface area contributed by atoms with Crippen LogP contribution in [-0.2, 0) is 9.47 Å². The van der Waals surface area contributed by atoms with Gasteiger partial charge < -0.3 is 0 Å². The van der Waals surface area contributed by atoms with E-state index in [1.54, 1.807) is 0 Å². The number of rotatable bonds is 3. The minimum absolute atomic E-state index is 0.0367. The number of ether oxygens (including phenoxy) is 2. The van der Waals surface area contributed by atoms with Gasteiger partial charge in [0, 0.05) is 0 Å². The lowest BCUT2D eigenvalue weighted by molar-refractivity contribution is -0.384. The molecule has 0 aromatic rings. The van der Waals surface area contributed by atoms with Gasteiger partial charge in [0.25, 0.3) is 0 Å². The second-order valence-corrected chi connectivity index (χ2v) is 3.58. The van der Waals surface area contributed by atoms with Crippen molar-refractivity contribution in [2.45, 2.75) is 37.8 Å². The van der Waals surface area contributed by atoms with Gasteiger partial charge in [-0.1, -0.05) is 6.92 Å². The summed E-state index contributed by atoms with van der Waals surface area (Å²) < 4.78 is 79.2. The molecule has 1 saturated carbocycles. The molecule has 1 aliphatic carbocycles. The van der Waals surface area contributed by atoms with E-state index >= 15 is 0 Å². The van der Waals surface area contributed by atoms with Crippen LogP contribution in [0.2, 0.25) is 0 Å². The molecule has 0 spiro atoms. The van der Waals surface area contributed by atoms with E-state index in [0.29, 0.717) is 0 Å². The van der Waals surface area contributed by atoms with Crippen LogP contribution in [0.25, 0.3) is 0 Å². The molecule has 100 valence electrons. The van der Waals surface area contributed by atoms with Gasteiger partial charge in [0.1, 0.15) is 0 Å². The second-order valence-electron chi connectivity index (χ2n) is 3.58. The van der Waals surface area contributed by atoms with Crippen molar-refractivity contribution in [2.75, 3.05) is 0 Å². The molecule has 2 radical (unpaired) electrons. The predicted molar refractivity (Wildman–Crippen MR) is 44.2 cm³/mol. The van der Waals surface area contributed by atoms with Crippen LogP contribution in [0.4, 0.5) is 26.3 Å². The topological polar surface area (TPSA) is 18.5 Å². The molecule has 3 atom stereocenters. The average Bonchev–Trinajstić information content (AvgIpc) is 2.43. The molecule has 0 amide bonds. The maximum atomic E-state index is 12.0. The maximum Gasteiger partial charge on any atom is 0.522 e. The highest BCUT2D eigenvalue weighted by Crippen LogP contribution is 2.38. The molecule has 17 heavy (non-hydrogen) atoms. The van der Waals surface area contributed by atoms with Crippen LogP contribution in [0, 0.1) is 19.3 Å². The molecule has 2 nitrogen and oxygen atoms in total. The zero-order valence-corrected chi connectivity index (χ0v) is 8.52. The molecule has 0 aromatic heterocycles. The number of halogens is 6. The van der Waals surface area contributed by atoms with Crippen molar-refractivity contribution in [1.82, 2.24) is 0 Å². The summed E-state index contributed by atoms with van der Waals surface area (Å²) in [6.45, 7) is 3.37. The van der Waals surface area contributed by atoms with Crippen molar-refractivity contribution in [2.24, 2.45) is 5.92 Å². The quantitative estimate of drug-likeness (QED) is 0.728. The zero-order valence-electron chi connectivity index (χ0n) is 8.52. The molecule has 1 aliphatic rings. The first-order chi connectivity index (χ1) is 7.62. The molecule has 1 fully saturated rings. The summed E-state index contributed by atoms with van der Waals surface area (Å²) in [5, 5.41) is 0. The van der Waals surface area contributed by atoms with Crippen LogP contribution < -0.4 is 0 Å². The van der Waals surface area contributed by atoms with Gasteiger partial charge in [-0.25, -0.2) is 0 Å². The van der Waals surface area contributed by atoms with E-state index in [1.165, 1.54) is 0 Å². The van der Waals surface area contributed by atoms with Gasteiger partial charge in [-0.15, -0.1) is 26.3 Å². The van der Waals surface area contributed by atoms with Gasteiger partial charge in [0.15, 0.2) is 0 Å². The average molecular weight is 264 g/mol. The third kappa shape index (κ3) is 4.71. The first-order valence-corrected chi connectivity index (χ1v) is 4.74. The van der Waals surface area contributed by atoms with Gasteiger partial charge in [-0.2, -0.15) is 0 Å². The summed E-state index contributed by atoms with van der Waals surface area (Å²) >= 11 is 0. The van der Waals surface area contributed by atoms with Crippen LogP contribution in [0.15, 0.2) is 0 Å². The Morgan fingerprint density at radius 1 is 1.06 bits per heavy atom. The summed E-state index contributed by atoms with van der Waals surface area (Å²) in [4.78, 5) is 0. The summed E-state index contributed by atoms with van der Waals surface area (Å²) in [5.41, 5.74) is 0. The van der Waals surface area contributed by atoms with Crippen molar-refractivity contribution in [3.63, 3.8) is 0 Å². The lowest BCUT2D eigenvalue weighted by atomic mass is 10.0. The van der Waals surface area contributed by atoms with E-state index in [9.17, 15) is 26.3 Å². The smallest absolute Gasteiger partial charge is 0.286 e. The highest BCUT2D eigenvalue weighted by atomic mass is 19.4. The summed E-state index contributed by atoms with van der Waals surface area (Å²) in [6, 6.07) is 0. The number of hydrogen-bond acceptors (Lipinski definition) is 2. The van der Waals surface area contributed by atoms with E-state index in [4.69, 9.17) is 0 Å². The SMILES string of the molecule is [CH2]CC1C[CH]C(OC(F)(F)F)C1OC(F)(F)F. The fourth-order valence-electron chi connectivity index (χ4n) is 1.71. The monoisotopic (exact) mass is 264 g/mol. The van der Waals surface area contributed by atoms with Gasteiger partial charge in [-0.3, -0.25) is 9.47 Å². The van der Waals surface area contributed by atoms with Crippen LogP contribution in [0.5, 0.6) is 0 Å². The summed E-state index contributed by atoms with van der Waals surface area (Å²) in [7, 11) is 0. The Balaban J connectivity index is 2.69. The van der Waals surface area contributed by atoms with Gasteiger partial charge in [0.2, 0.25) is 0 Å². The third-order valence-corrected chi connectivity index (χ3v) is 2.37. The van der Waals surface area contributed by atoms with Crippen LogP contribution in [-0.4, -0.2) is 24.9 Å². The minimum atomic E-state index is -5.00. The molecule has 0 N–H and O–H groups in total. The Morgan fingerprint density at radius 3 is 2.00 bits per heavy atom. The number of hydrogen-bond donors (Lipinski definition) is 0. The highest BCUT2D eigenvalue weighted by molar-refractivity contribution is 4.99. The van der Waals surface area contributed by atoms with Gasteiger partial charge in [0.05, 0.1) is 12.2 Å². The van der Waals surface area contributed by atoms with Crippen LogP contribution in [0.3, 0.4) is 0 Å². The Labute approximate surface area is 93.9 Å². The Kier molecular flexibility index (Phi) is 4.29. The zero-order chi connectivity index (χ0) is 13.3. The molecule has 3 unspecified atom stereocenters. The Bertz CT molecular complexity index is 249. The van der Waals surface area contributed by atoms with E-state index in [1.807, 2.05) is 0 Å². The van der Waals surface area contributed by atoms with E-state index in [-0.39, 0.29) is 12.8 Å². The van der Waals surface area contributed by atoms with Crippen molar-refractivity contribution >= 4 is 0 Å². The largest absolute Gasteiger partial charge is 0.522 e. The molecule has 8 heteroatoms. The molecular formula is C9H10F6O2. The molecule has 0 aromatic carbocycles. The van der Waals surface area contributed by atoms with Crippen LogP contribution >= 0.6 is 0 Å². The van der Waals surface area contributed by atoms with E-state index in [2.05, 4.69) is 16.4 Å². The van der Waals surface area contributed by atoms with Crippen molar-refractivity contribution in [3.8, 4) is 0 Å². The van der Waals surface area contributed by atoms with Crippen LogP contribution in [0.1, 0.15) is 12.8 Å². The molecule has 0 aliphatic heterocycles. The fraction of sp³-hybridized carbons (Fsp3) is 0.778. The third-order valence-electron chi connectivity index (χ3n) is 2.37. The maximum absolute atomic E-state index is 12.0. The first-order valence-electron chi connectivity index (χ1n) is 4.74. The molecule has 0 heterocycles. The highest BCUT2D eigenvalue weighted by Gasteiger charge is 2.48. The lowest BCUT2D eigenvalue weighted by Crippen LogP contribution is -2.38. The molecular weight excluding hydrogens is 254 g/mol. The first kappa shape index (κ1) is 14.6. The van der Waals surface area contributed by atoms with E-state index in [0.717, 1.165) is 6.42 Å². The molecule has 0 bridgehead atoms. The standard InChI is InChI=1S/C9H10F6O2/c1-2-5-3-4-6(16-8(10,11)12)7(5)17-9(13,14)15/h4-7H,1-3H2. The number of alkyl halides is 6. The minimum Gasteiger partial charge on any atom is -0.286 e. The Morgan fingerprint density at radius 2 is 1.59 bits per heavy atom. The second kappa shape index (κ2) is 5.01.